The number of para-hydroxylation sites is 1. The van der Waals surface area contributed by atoms with Crippen LogP contribution in [0.25, 0.3) is 0 Å². The summed E-state index contributed by atoms with van der Waals surface area (Å²) in [5.74, 6) is -0.387. The first-order valence-corrected chi connectivity index (χ1v) is 9.42. The lowest BCUT2D eigenvalue weighted by atomic mass is 10.1. The molecule has 0 unspecified atom stereocenters. The number of aryl methyl sites for hydroxylation is 3. The fourth-order valence-electron chi connectivity index (χ4n) is 2.74. The number of rotatable bonds is 6. The Morgan fingerprint density at radius 2 is 2.11 bits per heavy atom. The highest BCUT2D eigenvalue weighted by Gasteiger charge is 2.20. The van der Waals surface area contributed by atoms with Gasteiger partial charge < -0.3 is 9.88 Å². The van der Waals surface area contributed by atoms with Crippen molar-refractivity contribution < 1.29 is 9.72 Å². The molecule has 28 heavy (non-hydrogen) atoms. The number of aromatic nitrogens is 3. The van der Waals surface area contributed by atoms with Gasteiger partial charge in [0.25, 0.3) is 11.6 Å². The quantitative estimate of drug-likeness (QED) is 0.498. The van der Waals surface area contributed by atoms with Crippen molar-refractivity contribution in [3.8, 4) is 0 Å². The fourth-order valence-corrected chi connectivity index (χ4v) is 3.59. The molecule has 0 atom stereocenters. The van der Waals surface area contributed by atoms with Crippen LogP contribution in [-0.4, -0.2) is 25.6 Å². The summed E-state index contributed by atoms with van der Waals surface area (Å²) >= 11 is 1.12. The van der Waals surface area contributed by atoms with Crippen molar-refractivity contribution >= 4 is 29.0 Å². The smallest absolute Gasteiger partial charge is 0.284 e. The van der Waals surface area contributed by atoms with Crippen LogP contribution in [0.3, 0.4) is 0 Å². The van der Waals surface area contributed by atoms with E-state index in [4.69, 9.17) is 0 Å². The third-order valence-corrected chi connectivity index (χ3v) is 5.38. The van der Waals surface area contributed by atoms with Crippen molar-refractivity contribution in [2.24, 2.45) is 7.05 Å². The van der Waals surface area contributed by atoms with Crippen LogP contribution in [0, 0.1) is 17.0 Å². The molecule has 1 N–H and O–H groups in total. The molecule has 3 aromatic rings. The maximum absolute atomic E-state index is 12.7. The Bertz CT molecular complexity index is 1050. The molecule has 0 spiro atoms. The Hall–Kier alpha value is -3.20. The lowest BCUT2D eigenvalue weighted by Gasteiger charge is -2.13. The highest BCUT2D eigenvalue weighted by molar-refractivity contribution is 7.99. The summed E-state index contributed by atoms with van der Waals surface area (Å²) < 4.78 is 1.67. The molecule has 8 nitrogen and oxygen atoms in total. The molecule has 3 rings (SSSR count). The van der Waals surface area contributed by atoms with Gasteiger partial charge in [0, 0.05) is 24.4 Å². The average Bonchev–Trinajstić information content (AvgIpc) is 3.08. The van der Waals surface area contributed by atoms with Crippen LogP contribution in [0.15, 0.2) is 52.8 Å². The van der Waals surface area contributed by atoms with Gasteiger partial charge in [-0.15, -0.1) is 10.2 Å². The number of benzene rings is 2. The summed E-state index contributed by atoms with van der Waals surface area (Å²) in [5, 5.41) is 22.6. The van der Waals surface area contributed by atoms with Crippen molar-refractivity contribution in [1.82, 2.24) is 14.8 Å². The fraction of sp³-hybridized carbons (Fsp3) is 0.211. The minimum absolute atomic E-state index is 0.152. The van der Waals surface area contributed by atoms with Gasteiger partial charge in [-0.1, -0.05) is 25.1 Å². The SMILES string of the molecule is CCc1cccc(C)c1NC(=O)c1ccc(Sc2nncn2C)c([N+](=O)[O-])c1. The largest absolute Gasteiger partial charge is 0.321 e. The maximum Gasteiger partial charge on any atom is 0.284 e. The second kappa shape index (κ2) is 8.22. The lowest BCUT2D eigenvalue weighted by Crippen LogP contribution is -2.14. The van der Waals surface area contributed by atoms with Gasteiger partial charge in [-0.2, -0.15) is 0 Å². The molecule has 0 aliphatic heterocycles. The summed E-state index contributed by atoms with van der Waals surface area (Å²) in [6.45, 7) is 3.92. The number of nitrogens with one attached hydrogen (secondary N) is 1. The van der Waals surface area contributed by atoms with Crippen molar-refractivity contribution in [3.05, 3.63) is 69.5 Å². The number of amides is 1. The number of hydrogen-bond donors (Lipinski definition) is 1. The molecule has 0 bridgehead atoms. The third kappa shape index (κ3) is 4.04. The second-order valence-corrected chi connectivity index (χ2v) is 7.19. The minimum Gasteiger partial charge on any atom is -0.321 e. The van der Waals surface area contributed by atoms with Crippen molar-refractivity contribution in [3.63, 3.8) is 0 Å². The van der Waals surface area contributed by atoms with E-state index in [0.29, 0.717) is 10.1 Å². The molecule has 0 aliphatic carbocycles. The maximum atomic E-state index is 12.7. The summed E-state index contributed by atoms with van der Waals surface area (Å²) in [6.07, 6.45) is 2.29. The summed E-state index contributed by atoms with van der Waals surface area (Å²) in [7, 11) is 1.75. The Balaban J connectivity index is 1.91. The summed E-state index contributed by atoms with van der Waals surface area (Å²) in [4.78, 5) is 24.2. The Morgan fingerprint density at radius 3 is 2.75 bits per heavy atom. The summed E-state index contributed by atoms with van der Waals surface area (Å²) in [5.41, 5.74) is 2.77. The molecule has 144 valence electrons. The Morgan fingerprint density at radius 1 is 1.32 bits per heavy atom. The monoisotopic (exact) mass is 397 g/mol. The van der Waals surface area contributed by atoms with Crippen LogP contribution in [0.2, 0.25) is 0 Å². The molecule has 1 amide bonds. The number of carbonyl (C=O) groups is 1. The van der Waals surface area contributed by atoms with E-state index in [1.807, 2.05) is 32.0 Å². The van der Waals surface area contributed by atoms with Crippen LogP contribution in [0.4, 0.5) is 11.4 Å². The van der Waals surface area contributed by atoms with Gasteiger partial charge in [-0.3, -0.25) is 14.9 Å². The molecule has 9 heteroatoms. The third-order valence-electron chi connectivity index (χ3n) is 4.27. The number of carbonyl (C=O) groups excluding carboxylic acids is 1. The van der Waals surface area contributed by atoms with E-state index < -0.39 is 4.92 Å². The van der Waals surface area contributed by atoms with Crippen LogP contribution >= 0.6 is 11.8 Å². The van der Waals surface area contributed by atoms with E-state index in [1.165, 1.54) is 12.4 Å². The van der Waals surface area contributed by atoms with Gasteiger partial charge in [-0.25, -0.2) is 0 Å². The topological polar surface area (TPSA) is 103 Å². The molecular weight excluding hydrogens is 378 g/mol. The number of anilines is 1. The summed E-state index contributed by atoms with van der Waals surface area (Å²) in [6, 6.07) is 10.2. The van der Waals surface area contributed by atoms with Crippen LogP contribution in [0.1, 0.15) is 28.4 Å². The highest BCUT2D eigenvalue weighted by atomic mass is 32.2. The minimum atomic E-state index is -0.499. The van der Waals surface area contributed by atoms with Gasteiger partial charge in [0.2, 0.25) is 0 Å². The first-order valence-electron chi connectivity index (χ1n) is 8.60. The number of hydrogen-bond acceptors (Lipinski definition) is 6. The van der Waals surface area contributed by atoms with E-state index >= 15 is 0 Å². The highest BCUT2D eigenvalue weighted by Crippen LogP contribution is 2.34. The number of nitrogens with zero attached hydrogens (tertiary/aromatic N) is 4. The van der Waals surface area contributed by atoms with Crippen LogP contribution < -0.4 is 5.32 Å². The van der Waals surface area contributed by atoms with Gasteiger partial charge in [0.1, 0.15) is 6.33 Å². The molecule has 2 aromatic carbocycles. The van der Waals surface area contributed by atoms with Gasteiger partial charge in [0.05, 0.1) is 9.82 Å². The van der Waals surface area contributed by atoms with E-state index in [-0.39, 0.29) is 17.2 Å². The van der Waals surface area contributed by atoms with E-state index in [9.17, 15) is 14.9 Å². The predicted octanol–water partition coefficient (Wildman–Crippen LogP) is 4.00. The zero-order valence-corrected chi connectivity index (χ0v) is 16.5. The van der Waals surface area contributed by atoms with Gasteiger partial charge in [0.15, 0.2) is 5.16 Å². The normalized spacial score (nSPS) is 10.7. The van der Waals surface area contributed by atoms with E-state index in [2.05, 4.69) is 15.5 Å². The molecule has 0 saturated carbocycles. The molecule has 0 aliphatic rings. The van der Waals surface area contributed by atoms with E-state index in [1.54, 1.807) is 23.7 Å². The van der Waals surface area contributed by atoms with Crippen molar-refractivity contribution in [2.45, 2.75) is 30.3 Å². The second-order valence-electron chi connectivity index (χ2n) is 6.18. The first-order chi connectivity index (χ1) is 13.4. The lowest BCUT2D eigenvalue weighted by molar-refractivity contribution is -0.387. The van der Waals surface area contributed by atoms with Gasteiger partial charge in [-0.05, 0) is 48.4 Å². The van der Waals surface area contributed by atoms with Crippen molar-refractivity contribution in [2.75, 3.05) is 5.32 Å². The van der Waals surface area contributed by atoms with Crippen LogP contribution in [0.5, 0.6) is 0 Å². The van der Waals surface area contributed by atoms with Crippen LogP contribution in [-0.2, 0) is 13.5 Å². The predicted molar refractivity (Wildman–Crippen MR) is 107 cm³/mol. The standard InChI is InChI=1S/C19H19N5O3S/c1-4-13-7-5-6-12(2)17(13)21-18(25)14-8-9-16(15(10-14)24(26)27)28-19-22-20-11-23(19)3/h5-11H,4H2,1-3H3,(H,21,25). The molecule has 0 radical (unpaired) electrons. The Labute approximate surface area is 166 Å². The first kappa shape index (κ1) is 19.6. The van der Waals surface area contributed by atoms with E-state index in [0.717, 1.165) is 35.0 Å². The average molecular weight is 397 g/mol. The van der Waals surface area contributed by atoms with Gasteiger partial charge >= 0.3 is 0 Å². The molecule has 0 saturated heterocycles. The molecule has 0 fully saturated rings. The Kier molecular flexibility index (Phi) is 5.74. The molecule has 1 heterocycles. The molecule has 1 aromatic heterocycles. The zero-order chi connectivity index (χ0) is 20.3. The van der Waals surface area contributed by atoms with Crippen molar-refractivity contribution in [1.29, 1.82) is 0 Å². The molecular formula is C19H19N5O3S. The number of nitro groups is 1. The zero-order valence-electron chi connectivity index (χ0n) is 15.7. The number of nitro benzene ring substituents is 1.